The fourth-order valence-electron chi connectivity index (χ4n) is 3.66. The van der Waals surface area contributed by atoms with E-state index in [1.165, 1.54) is 5.56 Å². The van der Waals surface area contributed by atoms with Crippen LogP contribution in [0.4, 0.5) is 38.1 Å². The number of hydrogen-bond donors (Lipinski definition) is 4. The van der Waals surface area contributed by atoms with Gasteiger partial charge >= 0.3 is 24.3 Å². The van der Waals surface area contributed by atoms with E-state index in [9.17, 15) is 26.3 Å². The van der Waals surface area contributed by atoms with Crippen LogP contribution in [0.5, 0.6) is 5.75 Å². The van der Waals surface area contributed by atoms with Gasteiger partial charge in [-0.25, -0.2) is 14.6 Å². The van der Waals surface area contributed by atoms with E-state index < -0.39 is 24.3 Å². The lowest BCUT2D eigenvalue weighted by Crippen LogP contribution is -2.37. The molecule has 42 heavy (non-hydrogen) atoms. The zero-order chi connectivity index (χ0) is 32.3. The van der Waals surface area contributed by atoms with Gasteiger partial charge in [-0.3, -0.25) is 0 Å². The van der Waals surface area contributed by atoms with E-state index in [4.69, 9.17) is 24.5 Å². The molecule has 17 heteroatoms. The predicted molar refractivity (Wildman–Crippen MR) is 146 cm³/mol. The number of methoxy groups -OCH3 is 1. The molecule has 1 heterocycles. The lowest BCUT2D eigenvalue weighted by Gasteiger charge is -2.30. The summed E-state index contributed by atoms with van der Waals surface area (Å²) >= 11 is 3.56. The highest BCUT2D eigenvalue weighted by molar-refractivity contribution is 9.10. The molecule has 1 aliphatic carbocycles. The Morgan fingerprint density at radius 2 is 1.52 bits per heavy atom. The number of benzene rings is 1. The molecule has 1 saturated carbocycles. The normalized spacial score (nSPS) is 16.6. The lowest BCUT2D eigenvalue weighted by molar-refractivity contribution is -0.193. The molecule has 0 saturated heterocycles. The number of carbonyl (C=O) groups is 2. The van der Waals surface area contributed by atoms with Crippen LogP contribution in [0, 0.1) is 6.92 Å². The summed E-state index contributed by atoms with van der Waals surface area (Å²) < 4.78 is 69.8. The summed E-state index contributed by atoms with van der Waals surface area (Å²) in [4.78, 5) is 28.9. The van der Waals surface area contributed by atoms with Gasteiger partial charge in [0, 0.05) is 44.5 Å². The molecule has 1 aromatic heterocycles. The third-order valence-corrected chi connectivity index (χ3v) is 6.34. The summed E-state index contributed by atoms with van der Waals surface area (Å²) in [7, 11) is 5.71. The Morgan fingerprint density at radius 1 is 1.02 bits per heavy atom. The second kappa shape index (κ2) is 16.3. The highest BCUT2D eigenvalue weighted by Gasteiger charge is 2.38. The molecule has 1 aromatic carbocycles. The number of aryl methyl sites for hydroxylation is 1. The van der Waals surface area contributed by atoms with Crippen molar-refractivity contribution in [3.8, 4) is 5.75 Å². The summed E-state index contributed by atoms with van der Waals surface area (Å²) in [6.07, 6.45) is -3.72. The lowest BCUT2D eigenvalue weighted by atomic mass is 9.91. The van der Waals surface area contributed by atoms with Crippen LogP contribution < -0.4 is 20.3 Å². The van der Waals surface area contributed by atoms with E-state index in [-0.39, 0.29) is 0 Å². The summed E-state index contributed by atoms with van der Waals surface area (Å²) in [6, 6.07) is 7.23. The highest BCUT2D eigenvalue weighted by Crippen LogP contribution is 2.26. The minimum atomic E-state index is -5.08. The van der Waals surface area contributed by atoms with E-state index in [0.29, 0.717) is 12.1 Å². The van der Waals surface area contributed by atoms with E-state index in [0.717, 1.165) is 59.8 Å². The number of nitrogens with one attached hydrogen (secondary N) is 2. The molecule has 1 aliphatic rings. The maximum Gasteiger partial charge on any atom is 0.490 e. The van der Waals surface area contributed by atoms with E-state index in [2.05, 4.69) is 48.7 Å². The Balaban J connectivity index is 0.000000522. The Hall–Kier alpha value is -3.34. The molecule has 0 amide bonds. The topological polar surface area (TPSA) is 137 Å². The number of aromatic nitrogens is 2. The van der Waals surface area contributed by atoms with Crippen LogP contribution in [0.2, 0.25) is 0 Å². The smallest absolute Gasteiger partial charge is 0.490 e. The molecule has 0 unspecified atom stereocenters. The Morgan fingerprint density at radius 3 is 1.95 bits per heavy atom. The van der Waals surface area contributed by atoms with Crippen LogP contribution in [0.3, 0.4) is 0 Å². The molecule has 4 N–H and O–H groups in total. The predicted octanol–water partition coefficient (Wildman–Crippen LogP) is 5.40. The zero-order valence-electron chi connectivity index (χ0n) is 23.1. The first-order valence-electron chi connectivity index (χ1n) is 12.3. The van der Waals surface area contributed by atoms with Gasteiger partial charge in [0.1, 0.15) is 11.6 Å². The molecule has 3 rings (SSSR count). The number of anilines is 2. The Kier molecular flexibility index (Phi) is 14.3. The summed E-state index contributed by atoms with van der Waals surface area (Å²) in [6.45, 7) is 2.91. The van der Waals surface area contributed by atoms with Crippen molar-refractivity contribution in [3.05, 3.63) is 40.0 Å². The van der Waals surface area contributed by atoms with Gasteiger partial charge in [0.15, 0.2) is 0 Å². The van der Waals surface area contributed by atoms with Gasteiger partial charge in [-0.05, 0) is 66.2 Å². The largest absolute Gasteiger partial charge is 0.496 e. The van der Waals surface area contributed by atoms with Crippen molar-refractivity contribution in [1.82, 2.24) is 15.3 Å². The summed E-state index contributed by atoms with van der Waals surface area (Å²) in [5.74, 6) is -2.95. The molecule has 0 spiro atoms. The van der Waals surface area contributed by atoms with Crippen molar-refractivity contribution in [2.45, 2.75) is 63.6 Å². The minimum Gasteiger partial charge on any atom is -0.496 e. The number of ether oxygens (including phenoxy) is 1. The van der Waals surface area contributed by atoms with Crippen LogP contribution in [-0.2, 0) is 16.1 Å². The van der Waals surface area contributed by atoms with Crippen molar-refractivity contribution < 1.29 is 50.9 Å². The minimum absolute atomic E-state index is 0.436. The fraction of sp³-hybridized carbons (Fsp3) is 0.520. The summed E-state index contributed by atoms with van der Waals surface area (Å²) in [5.41, 5.74) is 2.35. The van der Waals surface area contributed by atoms with Gasteiger partial charge < -0.3 is 30.5 Å². The number of halogens is 7. The first-order chi connectivity index (χ1) is 19.3. The maximum absolute atomic E-state index is 10.6. The number of alkyl halides is 6. The van der Waals surface area contributed by atoms with Crippen LogP contribution in [-0.4, -0.2) is 77.8 Å². The Labute approximate surface area is 246 Å². The molecular formula is C25H32BrF6N5O5. The van der Waals surface area contributed by atoms with E-state index in [1.807, 2.05) is 38.2 Å². The third kappa shape index (κ3) is 13.1. The number of rotatable bonds is 7. The number of aliphatic carboxylic acids is 2. The van der Waals surface area contributed by atoms with Gasteiger partial charge in [0.05, 0.1) is 11.6 Å². The SMILES string of the molecule is COc1ccc(CN[C@H]2CC[C@@H](Nc3ncc(C)c(N(C)C)n3)CC2)cc1Br.O=C(O)C(F)(F)F.O=C(O)C(F)(F)F. The standard InChI is InChI=1S/C21H30BrN5O.2C2HF3O2/c1-14-12-24-21(26-20(14)27(2)3)25-17-8-6-16(7-9-17)23-13-15-5-10-19(28-4)18(22)11-15;2*3-2(4,5)1(6)7/h5,10-12,16-17,23H,6-9,13H2,1-4H3,(H,24,25,26);2*(H,6,7)/t16-,17+;;. The second-order valence-corrected chi connectivity index (χ2v) is 10.1. The molecule has 0 radical (unpaired) electrons. The first kappa shape index (κ1) is 36.7. The average Bonchev–Trinajstić information content (AvgIpc) is 2.89. The molecule has 2 aromatic rings. The molecule has 1 fully saturated rings. The molecule has 0 atom stereocenters. The highest BCUT2D eigenvalue weighted by atomic mass is 79.9. The number of carboxylic acid groups (broad SMARTS) is 2. The maximum atomic E-state index is 10.6. The fourth-order valence-corrected chi connectivity index (χ4v) is 4.25. The molecule has 236 valence electrons. The van der Waals surface area contributed by atoms with Crippen molar-refractivity contribution in [1.29, 1.82) is 0 Å². The van der Waals surface area contributed by atoms with Crippen LogP contribution in [0.25, 0.3) is 0 Å². The van der Waals surface area contributed by atoms with Gasteiger partial charge in [-0.2, -0.15) is 31.3 Å². The van der Waals surface area contributed by atoms with Crippen molar-refractivity contribution in [2.24, 2.45) is 0 Å². The number of hydrogen-bond acceptors (Lipinski definition) is 8. The molecule has 10 nitrogen and oxygen atoms in total. The van der Waals surface area contributed by atoms with Gasteiger partial charge in [0.25, 0.3) is 0 Å². The van der Waals surface area contributed by atoms with Gasteiger partial charge in [-0.15, -0.1) is 0 Å². The van der Waals surface area contributed by atoms with Crippen molar-refractivity contribution in [3.63, 3.8) is 0 Å². The summed E-state index contributed by atoms with van der Waals surface area (Å²) in [5, 5.41) is 21.5. The van der Waals surface area contributed by atoms with Gasteiger partial charge in [-0.1, -0.05) is 6.07 Å². The number of carboxylic acids is 2. The quantitative estimate of drug-likeness (QED) is 0.282. The first-order valence-corrected chi connectivity index (χ1v) is 13.1. The number of nitrogens with zero attached hydrogens (tertiary/aromatic N) is 3. The van der Waals surface area contributed by atoms with Crippen LogP contribution >= 0.6 is 15.9 Å². The second-order valence-electron chi connectivity index (χ2n) is 9.24. The zero-order valence-corrected chi connectivity index (χ0v) is 24.7. The van der Waals surface area contributed by atoms with Gasteiger partial charge in [0.2, 0.25) is 5.95 Å². The Bertz CT molecular complexity index is 1150. The van der Waals surface area contributed by atoms with E-state index in [1.54, 1.807) is 7.11 Å². The average molecular weight is 676 g/mol. The monoisotopic (exact) mass is 675 g/mol. The van der Waals surface area contributed by atoms with E-state index >= 15 is 0 Å². The third-order valence-electron chi connectivity index (χ3n) is 5.73. The molecule has 0 aliphatic heterocycles. The van der Waals surface area contributed by atoms with Crippen LogP contribution in [0.15, 0.2) is 28.9 Å². The molecular weight excluding hydrogens is 644 g/mol. The van der Waals surface area contributed by atoms with Crippen molar-refractivity contribution in [2.75, 3.05) is 31.4 Å². The van der Waals surface area contributed by atoms with Crippen molar-refractivity contribution >= 4 is 39.6 Å². The molecule has 0 bridgehead atoms. The van der Waals surface area contributed by atoms with Crippen LogP contribution in [0.1, 0.15) is 36.8 Å².